The van der Waals surface area contributed by atoms with E-state index in [2.05, 4.69) is 27.2 Å². The molecule has 1 aromatic carbocycles. The van der Waals surface area contributed by atoms with Gasteiger partial charge in [-0.25, -0.2) is 9.78 Å². The van der Waals surface area contributed by atoms with Crippen molar-refractivity contribution in [3.63, 3.8) is 0 Å². The Bertz CT molecular complexity index is 1070. The lowest BCUT2D eigenvalue weighted by atomic mass is 9.82. The van der Waals surface area contributed by atoms with Gasteiger partial charge >= 0.3 is 6.09 Å². The molecule has 0 saturated heterocycles. The van der Waals surface area contributed by atoms with E-state index in [1.807, 2.05) is 24.3 Å². The van der Waals surface area contributed by atoms with Crippen molar-refractivity contribution < 1.29 is 14.3 Å². The Balaban J connectivity index is 1.60. The Hall–Kier alpha value is -3.68. The molecule has 0 aliphatic heterocycles. The number of aromatic nitrogens is 1. The number of amides is 2. The Morgan fingerprint density at radius 3 is 2.53 bits per heavy atom. The fourth-order valence-corrected chi connectivity index (χ4v) is 4.16. The Kier molecular flexibility index (Phi) is 9.20. The van der Waals surface area contributed by atoms with Gasteiger partial charge in [-0.1, -0.05) is 24.8 Å². The number of alkyl carbamates (subject to hydrolysis) is 1. The molecule has 1 aliphatic rings. The number of aliphatic imine (C=N–C) groups is 1. The van der Waals surface area contributed by atoms with Gasteiger partial charge in [-0.3, -0.25) is 9.79 Å². The first-order valence-corrected chi connectivity index (χ1v) is 11.7. The third kappa shape index (κ3) is 6.91. The number of ether oxygens (including phenoxy) is 1. The van der Waals surface area contributed by atoms with Crippen LogP contribution in [0, 0.1) is 11.8 Å². The smallest absolute Gasteiger partial charge is 0.407 e. The molecule has 1 fully saturated rings. The topological polar surface area (TPSA) is 119 Å². The number of allylic oxidation sites excluding steroid dienone is 1. The number of carbonyl (C=O) groups excluding carboxylic acids is 2. The Morgan fingerprint density at radius 1 is 1.18 bits per heavy atom. The second-order valence-electron chi connectivity index (χ2n) is 8.42. The molecule has 0 atom stereocenters. The molecule has 4 N–H and O–H groups in total. The van der Waals surface area contributed by atoms with Crippen LogP contribution in [0.15, 0.2) is 54.3 Å². The summed E-state index contributed by atoms with van der Waals surface area (Å²) in [7, 11) is 0. The molecular weight excluding hydrogens is 430 g/mol. The number of benzene rings is 1. The lowest BCUT2D eigenvalue weighted by Gasteiger charge is -2.28. The van der Waals surface area contributed by atoms with Crippen molar-refractivity contribution in [1.82, 2.24) is 15.6 Å². The Labute approximate surface area is 200 Å². The van der Waals surface area contributed by atoms with Crippen LogP contribution in [0.5, 0.6) is 0 Å². The first-order chi connectivity index (χ1) is 16.5. The standard InChI is InChI=1S/C26H33N5O3/c1-3-34-26(33)30-17-20-10-8-19(9-11-20)16-29-25(32)22-14-24(18(2)15-28-13-12-27)31-23-7-5-4-6-21(22)23/h4-7,12-15,19-20H,2-3,8-11,16-17,27H2,1H3,(H,29,32)(H,30,33)/b13-12-,28-15-/t19-,20-. The zero-order valence-corrected chi connectivity index (χ0v) is 19.6. The first kappa shape index (κ1) is 25.0. The summed E-state index contributed by atoms with van der Waals surface area (Å²) in [4.78, 5) is 33.3. The number of rotatable bonds is 9. The molecule has 8 nitrogen and oxygen atoms in total. The third-order valence-electron chi connectivity index (χ3n) is 6.02. The van der Waals surface area contributed by atoms with Gasteiger partial charge in [0.1, 0.15) is 0 Å². The highest BCUT2D eigenvalue weighted by Gasteiger charge is 2.23. The van der Waals surface area contributed by atoms with Crippen molar-refractivity contribution in [1.29, 1.82) is 0 Å². The van der Waals surface area contributed by atoms with E-state index in [1.54, 1.807) is 19.2 Å². The molecule has 0 bridgehead atoms. The van der Waals surface area contributed by atoms with Gasteiger partial charge in [-0.2, -0.15) is 0 Å². The number of fused-ring (bicyclic) bond motifs is 1. The number of carbonyl (C=O) groups is 2. The van der Waals surface area contributed by atoms with Crippen LogP contribution in [0.2, 0.25) is 0 Å². The summed E-state index contributed by atoms with van der Waals surface area (Å²) in [5.41, 5.74) is 7.79. The zero-order chi connectivity index (χ0) is 24.3. The highest BCUT2D eigenvalue weighted by atomic mass is 16.5. The summed E-state index contributed by atoms with van der Waals surface area (Å²) in [5, 5.41) is 6.73. The fraction of sp³-hybridized carbons (Fsp3) is 0.385. The third-order valence-corrected chi connectivity index (χ3v) is 6.02. The number of pyridine rings is 1. The predicted molar refractivity (Wildman–Crippen MR) is 135 cm³/mol. The minimum absolute atomic E-state index is 0.127. The van der Waals surface area contributed by atoms with Crippen LogP contribution in [0.4, 0.5) is 4.79 Å². The molecule has 0 unspecified atom stereocenters. The summed E-state index contributed by atoms with van der Waals surface area (Å²) >= 11 is 0. The van der Waals surface area contributed by atoms with Crippen LogP contribution in [0.3, 0.4) is 0 Å². The van der Waals surface area contributed by atoms with E-state index in [4.69, 9.17) is 10.5 Å². The van der Waals surface area contributed by atoms with Crippen LogP contribution in [0.1, 0.15) is 48.7 Å². The van der Waals surface area contributed by atoms with E-state index in [-0.39, 0.29) is 12.0 Å². The van der Waals surface area contributed by atoms with Crippen molar-refractivity contribution in [3.05, 3.63) is 60.6 Å². The molecule has 180 valence electrons. The van der Waals surface area contributed by atoms with Gasteiger partial charge in [0.25, 0.3) is 5.91 Å². The van der Waals surface area contributed by atoms with Crippen LogP contribution >= 0.6 is 0 Å². The molecule has 1 heterocycles. The first-order valence-electron chi connectivity index (χ1n) is 11.7. The van der Waals surface area contributed by atoms with Crippen LogP contribution in [0.25, 0.3) is 16.5 Å². The van der Waals surface area contributed by atoms with Crippen LogP contribution < -0.4 is 16.4 Å². The maximum absolute atomic E-state index is 13.1. The van der Waals surface area contributed by atoms with E-state index in [0.717, 1.165) is 36.6 Å². The maximum Gasteiger partial charge on any atom is 0.407 e. The average molecular weight is 464 g/mol. The zero-order valence-electron chi connectivity index (χ0n) is 19.6. The number of nitrogens with two attached hydrogens (primary N) is 1. The quantitative estimate of drug-likeness (QED) is 0.485. The minimum Gasteiger partial charge on any atom is -0.450 e. The van der Waals surface area contributed by atoms with Crippen molar-refractivity contribution in [2.24, 2.45) is 22.6 Å². The SMILES string of the molecule is C=C(/C=N\C=C/N)c1cc(C(=O)NC[C@H]2CC[C@H](CNC(=O)OCC)CC2)c2ccccc2n1. The summed E-state index contributed by atoms with van der Waals surface area (Å²) < 4.78 is 4.92. The molecule has 1 saturated carbocycles. The van der Waals surface area contributed by atoms with E-state index in [0.29, 0.717) is 48.4 Å². The fourth-order valence-electron chi connectivity index (χ4n) is 4.16. The highest BCUT2D eigenvalue weighted by molar-refractivity contribution is 6.12. The van der Waals surface area contributed by atoms with Crippen molar-refractivity contribution >= 4 is 34.7 Å². The van der Waals surface area contributed by atoms with Gasteiger partial charge in [0.2, 0.25) is 0 Å². The number of nitrogens with zero attached hydrogens (tertiary/aromatic N) is 2. The summed E-state index contributed by atoms with van der Waals surface area (Å²) in [6, 6.07) is 9.33. The second-order valence-corrected chi connectivity index (χ2v) is 8.42. The van der Waals surface area contributed by atoms with E-state index < -0.39 is 0 Å². The van der Waals surface area contributed by atoms with Gasteiger partial charge < -0.3 is 21.1 Å². The lowest BCUT2D eigenvalue weighted by Crippen LogP contribution is -2.35. The van der Waals surface area contributed by atoms with Crippen molar-refractivity contribution in [2.45, 2.75) is 32.6 Å². The number of para-hydroxylation sites is 1. The highest BCUT2D eigenvalue weighted by Crippen LogP contribution is 2.28. The Morgan fingerprint density at radius 2 is 1.85 bits per heavy atom. The van der Waals surface area contributed by atoms with Gasteiger partial charge in [-0.15, -0.1) is 0 Å². The molecule has 2 aromatic rings. The monoisotopic (exact) mass is 463 g/mol. The molecule has 1 aliphatic carbocycles. The van der Waals surface area contributed by atoms with E-state index in [1.165, 1.54) is 12.4 Å². The van der Waals surface area contributed by atoms with Gasteiger partial charge in [0.05, 0.1) is 23.4 Å². The average Bonchev–Trinajstić information content (AvgIpc) is 2.86. The van der Waals surface area contributed by atoms with Crippen LogP contribution in [-0.4, -0.2) is 42.9 Å². The van der Waals surface area contributed by atoms with Gasteiger partial charge in [0, 0.05) is 42.7 Å². The minimum atomic E-state index is -0.356. The molecule has 0 spiro atoms. The van der Waals surface area contributed by atoms with Crippen LogP contribution in [-0.2, 0) is 4.74 Å². The summed E-state index contributed by atoms with van der Waals surface area (Å²) in [6.45, 7) is 7.44. The number of hydrogen-bond donors (Lipinski definition) is 3. The molecule has 3 rings (SSSR count). The second kappa shape index (κ2) is 12.5. The molecule has 1 aromatic heterocycles. The molecular formula is C26H33N5O3. The van der Waals surface area contributed by atoms with Gasteiger partial charge in [-0.05, 0) is 56.6 Å². The van der Waals surface area contributed by atoms with E-state index >= 15 is 0 Å². The summed E-state index contributed by atoms with van der Waals surface area (Å²) in [6.07, 6.45) is 8.07. The van der Waals surface area contributed by atoms with Crippen molar-refractivity contribution in [3.8, 4) is 0 Å². The predicted octanol–water partition coefficient (Wildman–Crippen LogP) is 4.03. The molecule has 8 heteroatoms. The number of hydrogen-bond acceptors (Lipinski definition) is 6. The number of nitrogens with one attached hydrogen (secondary N) is 2. The van der Waals surface area contributed by atoms with E-state index in [9.17, 15) is 9.59 Å². The molecule has 0 radical (unpaired) electrons. The van der Waals surface area contributed by atoms with Gasteiger partial charge in [0.15, 0.2) is 0 Å². The lowest BCUT2D eigenvalue weighted by molar-refractivity contribution is 0.0942. The van der Waals surface area contributed by atoms with Crippen molar-refractivity contribution in [2.75, 3.05) is 19.7 Å². The summed E-state index contributed by atoms with van der Waals surface area (Å²) in [5.74, 6) is 0.739. The largest absolute Gasteiger partial charge is 0.450 e. The molecule has 34 heavy (non-hydrogen) atoms. The molecule has 2 amide bonds. The normalized spacial score (nSPS) is 18.3. The maximum atomic E-state index is 13.1.